The summed E-state index contributed by atoms with van der Waals surface area (Å²) in [6.45, 7) is 3.82. The molecule has 0 aliphatic carbocycles. The molecule has 0 amide bonds. The number of quaternary nitrogens is 1. The second kappa shape index (κ2) is 13.9. The van der Waals surface area contributed by atoms with Gasteiger partial charge in [-0.05, 0) is 30.5 Å². The second-order valence-electron chi connectivity index (χ2n) is 8.99. The Morgan fingerprint density at radius 2 is 1.52 bits per heavy atom. The van der Waals surface area contributed by atoms with Crippen LogP contribution in [0.2, 0.25) is 0 Å². The molecule has 0 aromatic heterocycles. The molecule has 4 nitrogen and oxygen atoms in total. The van der Waals surface area contributed by atoms with E-state index < -0.39 is 0 Å². The van der Waals surface area contributed by atoms with Gasteiger partial charge in [0.15, 0.2) is 0 Å². The van der Waals surface area contributed by atoms with E-state index in [1.165, 1.54) is 49.7 Å². The normalized spacial score (nSPS) is 11.3. The van der Waals surface area contributed by atoms with E-state index >= 15 is 0 Å². The summed E-state index contributed by atoms with van der Waals surface area (Å²) in [6, 6.07) is 18.5. The number of aryl methyl sites for hydroxylation is 1. The Morgan fingerprint density at radius 1 is 0.839 bits per heavy atom. The molecule has 31 heavy (non-hydrogen) atoms. The number of unbranched alkanes of at least 4 members (excludes halogenated alkanes) is 5. The minimum atomic E-state index is -0.223. The maximum Gasteiger partial charge on any atom is 0.314 e. The topological polar surface area (TPSA) is 35.5 Å². The van der Waals surface area contributed by atoms with E-state index in [0.29, 0.717) is 6.42 Å². The first-order chi connectivity index (χ1) is 15.0. The lowest BCUT2D eigenvalue weighted by atomic mass is 10.1. The van der Waals surface area contributed by atoms with Crippen molar-refractivity contribution in [2.75, 3.05) is 27.4 Å². The van der Waals surface area contributed by atoms with Crippen LogP contribution in [0.1, 0.15) is 63.0 Å². The highest BCUT2D eigenvalue weighted by molar-refractivity contribution is 5.69. The lowest BCUT2D eigenvalue weighted by Gasteiger charge is -2.29. The van der Waals surface area contributed by atoms with Crippen molar-refractivity contribution >= 4 is 5.97 Å². The third-order valence-electron chi connectivity index (χ3n) is 5.56. The molecule has 0 aliphatic rings. The number of nitrogens with zero attached hydrogens (tertiary/aromatic N) is 1. The summed E-state index contributed by atoms with van der Waals surface area (Å²) >= 11 is 0. The van der Waals surface area contributed by atoms with Crippen molar-refractivity contribution in [3.05, 3.63) is 65.7 Å². The van der Waals surface area contributed by atoms with Crippen LogP contribution in [0.25, 0.3) is 0 Å². The van der Waals surface area contributed by atoms with Crippen LogP contribution in [0.3, 0.4) is 0 Å². The number of rotatable bonds is 15. The summed E-state index contributed by atoms with van der Waals surface area (Å²) in [4.78, 5) is 12.1. The largest absolute Gasteiger partial charge is 0.457 e. The fraction of sp³-hybridized carbons (Fsp3) is 0.519. The molecular formula is C27H40NO3+. The lowest BCUT2D eigenvalue weighted by Crippen LogP contribution is -2.40. The zero-order chi connectivity index (χ0) is 22.4. The summed E-state index contributed by atoms with van der Waals surface area (Å²) in [7, 11) is 4.26. The maximum atomic E-state index is 12.1. The summed E-state index contributed by atoms with van der Waals surface area (Å²) in [5.41, 5.74) is 2.60. The molecule has 0 fully saturated rings. The van der Waals surface area contributed by atoms with Crippen LogP contribution in [0, 0.1) is 0 Å². The Labute approximate surface area is 188 Å². The fourth-order valence-corrected chi connectivity index (χ4v) is 3.65. The van der Waals surface area contributed by atoms with Crippen LogP contribution in [0.5, 0.6) is 5.75 Å². The molecule has 0 saturated heterocycles. The van der Waals surface area contributed by atoms with Crippen molar-refractivity contribution in [1.29, 1.82) is 0 Å². The lowest BCUT2D eigenvalue weighted by molar-refractivity contribution is -0.903. The molecule has 2 rings (SSSR count). The third kappa shape index (κ3) is 11.0. The first-order valence-corrected chi connectivity index (χ1v) is 11.7. The quantitative estimate of drug-likeness (QED) is 0.149. The molecule has 4 heteroatoms. The number of ether oxygens (including phenoxy) is 2. The van der Waals surface area contributed by atoms with E-state index in [1.54, 1.807) is 0 Å². The first-order valence-electron chi connectivity index (χ1n) is 11.7. The van der Waals surface area contributed by atoms with Crippen molar-refractivity contribution in [3.8, 4) is 5.75 Å². The Morgan fingerprint density at radius 3 is 2.23 bits per heavy atom. The van der Waals surface area contributed by atoms with Gasteiger partial charge in [0.25, 0.3) is 0 Å². The van der Waals surface area contributed by atoms with Gasteiger partial charge in [-0.1, -0.05) is 81.5 Å². The van der Waals surface area contributed by atoms with Gasteiger partial charge in [0, 0.05) is 5.56 Å². The van der Waals surface area contributed by atoms with Gasteiger partial charge in [-0.2, -0.15) is 0 Å². The van der Waals surface area contributed by atoms with E-state index in [0.717, 1.165) is 29.7 Å². The van der Waals surface area contributed by atoms with Crippen LogP contribution < -0.4 is 4.74 Å². The fourth-order valence-electron chi connectivity index (χ4n) is 3.65. The summed E-state index contributed by atoms with van der Waals surface area (Å²) in [5.74, 6) is 0.513. The number of hydrogen-bond acceptors (Lipinski definition) is 3. The smallest absolute Gasteiger partial charge is 0.314 e. The van der Waals surface area contributed by atoms with E-state index in [-0.39, 0.29) is 12.8 Å². The molecule has 0 N–H and O–H groups in total. The van der Waals surface area contributed by atoms with Crippen LogP contribution in [-0.4, -0.2) is 37.9 Å². The average Bonchev–Trinajstić information content (AvgIpc) is 2.76. The number of hydrogen-bond donors (Lipinski definition) is 0. The monoisotopic (exact) mass is 426 g/mol. The van der Waals surface area contributed by atoms with Crippen molar-refractivity contribution in [2.24, 2.45) is 0 Å². The molecule has 0 bridgehead atoms. The molecule has 0 saturated carbocycles. The standard InChI is InChI=1S/C27H40NO3/c1-4-5-6-7-8-10-13-24-16-18-26(19-17-24)30-23-31-27(29)20-21-28(2,3)22-25-14-11-9-12-15-25/h9,11-12,14-19H,4-8,10,13,20-23H2,1-3H3/q+1. The van der Waals surface area contributed by atoms with Crippen molar-refractivity contribution < 1.29 is 18.8 Å². The minimum absolute atomic E-state index is 0.0400. The molecule has 0 spiro atoms. The molecule has 2 aromatic carbocycles. The molecule has 0 unspecified atom stereocenters. The molecule has 170 valence electrons. The van der Waals surface area contributed by atoms with Gasteiger partial charge in [-0.3, -0.25) is 4.79 Å². The van der Waals surface area contributed by atoms with Crippen molar-refractivity contribution in [2.45, 2.75) is 64.8 Å². The summed E-state index contributed by atoms with van der Waals surface area (Å²) < 4.78 is 11.6. The highest BCUT2D eigenvalue weighted by atomic mass is 16.7. The minimum Gasteiger partial charge on any atom is -0.457 e. The van der Waals surface area contributed by atoms with Crippen LogP contribution in [0.4, 0.5) is 0 Å². The Kier molecular flexibility index (Phi) is 11.2. The summed E-state index contributed by atoms with van der Waals surface area (Å²) in [6.07, 6.45) is 9.35. The van der Waals surface area contributed by atoms with Gasteiger partial charge in [-0.15, -0.1) is 0 Å². The maximum absolute atomic E-state index is 12.1. The third-order valence-corrected chi connectivity index (χ3v) is 5.56. The highest BCUT2D eigenvalue weighted by Crippen LogP contribution is 2.15. The van der Waals surface area contributed by atoms with Crippen LogP contribution in [-0.2, 0) is 22.5 Å². The number of benzene rings is 2. The first kappa shape index (κ1) is 24.9. The number of carbonyl (C=O) groups excluding carboxylic acids is 1. The molecule has 0 aliphatic heterocycles. The second-order valence-corrected chi connectivity index (χ2v) is 8.99. The SMILES string of the molecule is CCCCCCCCc1ccc(OCOC(=O)CC[N+](C)(C)Cc2ccccc2)cc1. The highest BCUT2D eigenvalue weighted by Gasteiger charge is 2.18. The van der Waals surface area contributed by atoms with E-state index in [9.17, 15) is 4.79 Å². The molecule has 0 heterocycles. The predicted molar refractivity (Wildman–Crippen MR) is 127 cm³/mol. The van der Waals surface area contributed by atoms with Gasteiger partial charge in [-0.25, -0.2) is 0 Å². The Balaban J connectivity index is 1.60. The van der Waals surface area contributed by atoms with E-state index in [2.05, 4.69) is 45.3 Å². The van der Waals surface area contributed by atoms with Crippen LogP contribution >= 0.6 is 0 Å². The Bertz CT molecular complexity index is 741. The molecule has 2 aromatic rings. The average molecular weight is 427 g/mol. The molecule has 0 atom stereocenters. The molecular weight excluding hydrogens is 386 g/mol. The van der Waals surface area contributed by atoms with Gasteiger partial charge >= 0.3 is 5.97 Å². The number of esters is 1. The van der Waals surface area contributed by atoms with Crippen molar-refractivity contribution in [1.82, 2.24) is 0 Å². The van der Waals surface area contributed by atoms with Gasteiger partial charge in [0.05, 0.1) is 27.1 Å². The van der Waals surface area contributed by atoms with Gasteiger partial charge in [0.2, 0.25) is 6.79 Å². The number of carbonyl (C=O) groups is 1. The zero-order valence-electron chi connectivity index (χ0n) is 19.6. The zero-order valence-corrected chi connectivity index (χ0v) is 19.6. The van der Waals surface area contributed by atoms with Crippen LogP contribution in [0.15, 0.2) is 54.6 Å². The van der Waals surface area contributed by atoms with E-state index in [1.807, 2.05) is 30.3 Å². The summed E-state index contributed by atoms with van der Waals surface area (Å²) in [5, 5.41) is 0. The Hall–Kier alpha value is -2.33. The van der Waals surface area contributed by atoms with E-state index in [4.69, 9.17) is 9.47 Å². The molecule has 0 radical (unpaired) electrons. The van der Waals surface area contributed by atoms with Gasteiger partial charge < -0.3 is 14.0 Å². The predicted octanol–water partition coefficient (Wildman–Crippen LogP) is 6.14. The van der Waals surface area contributed by atoms with Gasteiger partial charge in [0.1, 0.15) is 12.3 Å². The van der Waals surface area contributed by atoms with Crippen molar-refractivity contribution in [3.63, 3.8) is 0 Å².